The molecule has 3 nitrogen and oxygen atoms in total. The second-order valence-corrected chi connectivity index (χ2v) is 6.04. The van der Waals surface area contributed by atoms with Crippen molar-refractivity contribution in [1.82, 2.24) is 5.32 Å². The molecule has 21 heavy (non-hydrogen) atoms. The highest BCUT2D eigenvalue weighted by Crippen LogP contribution is 2.37. The molecule has 2 N–H and O–H groups in total. The number of nitrogens with one attached hydrogen (secondary N) is 2. The number of hydrogen-bond acceptors (Lipinski definition) is 3. The van der Waals surface area contributed by atoms with Crippen molar-refractivity contribution in [3.8, 4) is 5.75 Å². The first-order valence-electron chi connectivity index (χ1n) is 6.89. The number of ether oxygens (including phenoxy) is 1. The van der Waals surface area contributed by atoms with E-state index in [-0.39, 0.29) is 21.8 Å². The fourth-order valence-corrected chi connectivity index (χ4v) is 3.15. The molecule has 0 saturated carbocycles. The predicted octanol–water partition coefficient (Wildman–Crippen LogP) is 4.54. The maximum absolute atomic E-state index is 12.3. The van der Waals surface area contributed by atoms with Gasteiger partial charge in [0.05, 0.1) is 10.0 Å². The Hall–Kier alpha value is -0.780. The van der Waals surface area contributed by atoms with Crippen molar-refractivity contribution in [3.05, 3.63) is 22.2 Å². The Bertz CT molecular complexity index is 459. The molecule has 1 aromatic carbocycles. The molecule has 0 radical (unpaired) electrons. The summed E-state index contributed by atoms with van der Waals surface area (Å²) in [5.41, 5.74) is 0.692. The Morgan fingerprint density at radius 3 is 2.57 bits per heavy atom. The van der Waals surface area contributed by atoms with Gasteiger partial charge in [0.15, 0.2) is 5.75 Å². The number of alkyl halides is 2. The zero-order chi connectivity index (χ0) is 15.4. The van der Waals surface area contributed by atoms with E-state index in [4.69, 9.17) is 23.2 Å². The van der Waals surface area contributed by atoms with E-state index in [1.54, 1.807) is 12.1 Å². The highest BCUT2D eigenvalue weighted by molar-refractivity contribution is 6.37. The standard InChI is InChI=1S/C14H18Cl2F2N2O/c1-8(5-9-3-2-4-19-9)20-10-6-11(15)13(12(16)7-10)21-14(17)18/h6-9,14,19-20H,2-5H2,1H3. The van der Waals surface area contributed by atoms with Gasteiger partial charge in [-0.3, -0.25) is 0 Å². The van der Waals surface area contributed by atoms with Crippen LogP contribution in [0.2, 0.25) is 10.0 Å². The van der Waals surface area contributed by atoms with Crippen molar-refractivity contribution in [2.24, 2.45) is 0 Å². The highest BCUT2D eigenvalue weighted by atomic mass is 35.5. The first kappa shape index (κ1) is 16.6. The van der Waals surface area contributed by atoms with Crippen molar-refractivity contribution in [2.75, 3.05) is 11.9 Å². The van der Waals surface area contributed by atoms with Crippen LogP contribution in [-0.4, -0.2) is 25.2 Å². The number of benzene rings is 1. The summed E-state index contributed by atoms with van der Waals surface area (Å²) in [7, 11) is 0. The Morgan fingerprint density at radius 1 is 1.38 bits per heavy atom. The highest BCUT2D eigenvalue weighted by Gasteiger charge is 2.18. The normalized spacial score (nSPS) is 19.8. The van der Waals surface area contributed by atoms with Crippen LogP contribution in [0.25, 0.3) is 0 Å². The van der Waals surface area contributed by atoms with E-state index in [1.165, 1.54) is 12.8 Å². The van der Waals surface area contributed by atoms with Gasteiger partial charge < -0.3 is 15.4 Å². The van der Waals surface area contributed by atoms with Crippen LogP contribution < -0.4 is 15.4 Å². The summed E-state index contributed by atoms with van der Waals surface area (Å²) in [6.45, 7) is 0.172. The lowest BCUT2D eigenvalue weighted by Crippen LogP contribution is -2.29. The van der Waals surface area contributed by atoms with E-state index in [0.717, 1.165) is 13.0 Å². The molecule has 1 aromatic rings. The maximum atomic E-state index is 12.3. The fourth-order valence-electron chi connectivity index (χ4n) is 2.57. The number of hydrogen-bond donors (Lipinski definition) is 2. The van der Waals surface area contributed by atoms with E-state index in [0.29, 0.717) is 11.7 Å². The van der Waals surface area contributed by atoms with Crippen molar-refractivity contribution in [1.29, 1.82) is 0 Å². The van der Waals surface area contributed by atoms with Crippen LogP contribution in [0.3, 0.4) is 0 Å². The van der Waals surface area contributed by atoms with Gasteiger partial charge in [-0.05, 0) is 44.9 Å². The molecule has 2 atom stereocenters. The van der Waals surface area contributed by atoms with Crippen molar-refractivity contribution < 1.29 is 13.5 Å². The first-order valence-corrected chi connectivity index (χ1v) is 7.65. The average molecular weight is 339 g/mol. The van der Waals surface area contributed by atoms with Gasteiger partial charge in [0.25, 0.3) is 0 Å². The zero-order valence-corrected chi connectivity index (χ0v) is 13.1. The molecule has 7 heteroatoms. The van der Waals surface area contributed by atoms with Gasteiger partial charge in [-0.2, -0.15) is 8.78 Å². The van der Waals surface area contributed by atoms with Gasteiger partial charge in [0, 0.05) is 17.8 Å². The largest absolute Gasteiger partial charge is 0.432 e. The monoisotopic (exact) mass is 338 g/mol. The average Bonchev–Trinajstić information content (AvgIpc) is 2.86. The van der Waals surface area contributed by atoms with Crippen LogP contribution in [-0.2, 0) is 0 Å². The molecule has 0 aliphatic carbocycles. The van der Waals surface area contributed by atoms with E-state index in [1.807, 2.05) is 0 Å². The maximum Gasteiger partial charge on any atom is 0.387 e. The van der Waals surface area contributed by atoms with Crippen molar-refractivity contribution >= 4 is 28.9 Å². The minimum absolute atomic E-state index is 0.0662. The van der Waals surface area contributed by atoms with Gasteiger partial charge in [0.1, 0.15) is 0 Å². The van der Waals surface area contributed by atoms with Crippen molar-refractivity contribution in [3.63, 3.8) is 0 Å². The van der Waals surface area contributed by atoms with E-state index in [2.05, 4.69) is 22.3 Å². The summed E-state index contributed by atoms with van der Waals surface area (Å²) in [6.07, 6.45) is 3.36. The van der Waals surface area contributed by atoms with Crippen LogP contribution in [0, 0.1) is 0 Å². The Labute approximate surface area is 132 Å². The molecular weight excluding hydrogens is 321 g/mol. The number of rotatable bonds is 6. The third kappa shape index (κ3) is 4.87. The van der Waals surface area contributed by atoms with Gasteiger partial charge in [-0.25, -0.2) is 0 Å². The van der Waals surface area contributed by atoms with Gasteiger partial charge in [-0.1, -0.05) is 23.2 Å². The van der Waals surface area contributed by atoms with Crippen LogP contribution in [0.1, 0.15) is 26.2 Å². The summed E-state index contributed by atoms with van der Waals surface area (Å²) in [5.74, 6) is -0.191. The SMILES string of the molecule is CC(CC1CCCN1)Nc1cc(Cl)c(OC(F)F)c(Cl)c1. The Kier molecular flexibility index (Phi) is 5.90. The minimum atomic E-state index is -2.95. The second-order valence-electron chi connectivity index (χ2n) is 5.22. The number of anilines is 1. The molecule has 0 bridgehead atoms. The number of halogens is 4. The van der Waals surface area contributed by atoms with E-state index < -0.39 is 6.61 Å². The molecule has 1 heterocycles. The summed E-state index contributed by atoms with van der Waals surface area (Å²) in [4.78, 5) is 0. The lowest BCUT2D eigenvalue weighted by molar-refractivity contribution is -0.0497. The van der Waals surface area contributed by atoms with Crippen LogP contribution >= 0.6 is 23.2 Å². The molecule has 1 saturated heterocycles. The molecule has 1 aliphatic heterocycles. The lowest BCUT2D eigenvalue weighted by Gasteiger charge is -2.20. The molecule has 2 rings (SSSR count). The smallest absolute Gasteiger partial charge is 0.387 e. The van der Waals surface area contributed by atoms with Crippen LogP contribution in [0.15, 0.2) is 12.1 Å². The van der Waals surface area contributed by atoms with Crippen molar-refractivity contribution in [2.45, 2.75) is 44.9 Å². The van der Waals surface area contributed by atoms with Crippen LogP contribution in [0.5, 0.6) is 5.75 Å². The van der Waals surface area contributed by atoms with Gasteiger partial charge in [-0.15, -0.1) is 0 Å². The third-order valence-corrected chi connectivity index (χ3v) is 3.98. The summed E-state index contributed by atoms with van der Waals surface area (Å²) < 4.78 is 28.8. The second kappa shape index (κ2) is 7.47. The third-order valence-electron chi connectivity index (χ3n) is 3.42. The van der Waals surface area contributed by atoms with E-state index in [9.17, 15) is 8.78 Å². The van der Waals surface area contributed by atoms with Gasteiger partial charge >= 0.3 is 6.61 Å². The molecule has 118 valence electrons. The Morgan fingerprint density at radius 2 is 2.05 bits per heavy atom. The molecule has 0 aromatic heterocycles. The molecule has 2 unspecified atom stereocenters. The Balaban J connectivity index is 1.99. The molecule has 1 fully saturated rings. The molecular formula is C14H18Cl2F2N2O. The predicted molar refractivity (Wildman–Crippen MR) is 81.8 cm³/mol. The summed E-state index contributed by atoms with van der Waals surface area (Å²) >= 11 is 11.9. The molecule has 0 spiro atoms. The summed E-state index contributed by atoms with van der Waals surface area (Å²) in [6, 6.07) is 3.82. The lowest BCUT2D eigenvalue weighted by atomic mass is 10.1. The minimum Gasteiger partial charge on any atom is -0.432 e. The fraction of sp³-hybridized carbons (Fsp3) is 0.571. The zero-order valence-electron chi connectivity index (χ0n) is 11.6. The summed E-state index contributed by atoms with van der Waals surface area (Å²) in [5, 5.41) is 6.84. The van der Waals surface area contributed by atoms with Gasteiger partial charge in [0.2, 0.25) is 0 Å². The topological polar surface area (TPSA) is 33.3 Å². The first-order chi connectivity index (χ1) is 9.95. The molecule has 1 aliphatic rings. The quantitative estimate of drug-likeness (QED) is 0.798. The van der Waals surface area contributed by atoms with Crippen LogP contribution in [0.4, 0.5) is 14.5 Å². The molecule has 0 amide bonds. The van der Waals surface area contributed by atoms with E-state index >= 15 is 0 Å².